The van der Waals surface area contributed by atoms with E-state index < -0.39 is 17.0 Å². The van der Waals surface area contributed by atoms with Crippen LogP contribution in [0.1, 0.15) is 22.2 Å². The summed E-state index contributed by atoms with van der Waals surface area (Å²) in [6, 6.07) is 10.7. The van der Waals surface area contributed by atoms with Crippen molar-refractivity contribution in [3.63, 3.8) is 0 Å². The fourth-order valence-electron chi connectivity index (χ4n) is 2.72. The number of amides is 1. The lowest BCUT2D eigenvalue weighted by molar-refractivity contribution is -0.380. The number of carbonyl (C=O) groups excluding carboxylic acids is 1. The first-order valence-corrected chi connectivity index (χ1v) is 8.84. The maximum Gasteiger partial charge on any atom is 0.324 e. The molecule has 1 aliphatic heterocycles. The topological polar surface area (TPSA) is 99.3 Å². The molecule has 0 bridgehead atoms. The minimum Gasteiger partial charge on any atom is -0.326 e. The van der Waals surface area contributed by atoms with Crippen LogP contribution in [0.3, 0.4) is 0 Å². The van der Waals surface area contributed by atoms with Crippen LogP contribution in [0.5, 0.6) is 0 Å². The number of nitrogens with one attached hydrogen (secondary N) is 1. The largest absolute Gasteiger partial charge is 0.326 e. The lowest BCUT2D eigenvalue weighted by atomic mass is 10.1. The van der Waals surface area contributed by atoms with Gasteiger partial charge in [-0.25, -0.2) is 0 Å². The standard InChI is InChI=1S/C17H14N4O3S2/c1-9-3-4-10(2)12(7-9)20-15(13-5-6-14(26-13)21(23)24)19-16(22)11(8-18)17(20)25/h3-7,15,25H,1-2H3,(H,19,22). The van der Waals surface area contributed by atoms with Crippen LogP contribution in [-0.4, -0.2) is 10.8 Å². The molecular weight excluding hydrogens is 372 g/mol. The van der Waals surface area contributed by atoms with Crippen molar-refractivity contribution in [1.82, 2.24) is 5.32 Å². The average Bonchev–Trinajstić information content (AvgIpc) is 3.07. The number of thiol groups is 1. The van der Waals surface area contributed by atoms with Gasteiger partial charge in [0, 0.05) is 11.8 Å². The molecule has 1 N–H and O–H groups in total. The first-order chi connectivity index (χ1) is 12.3. The normalized spacial score (nSPS) is 17.1. The number of hydrogen-bond acceptors (Lipinski definition) is 7. The SMILES string of the molecule is Cc1ccc(C)c(N2C(S)=C(C#N)C(=O)NC2c2ccc([N+](=O)[O-])s2)c1. The first kappa shape index (κ1) is 18.0. The molecular formula is C17H14N4O3S2. The van der Waals surface area contributed by atoms with Crippen LogP contribution in [0.4, 0.5) is 10.7 Å². The third kappa shape index (κ3) is 3.05. The Hall–Kier alpha value is -2.83. The summed E-state index contributed by atoms with van der Waals surface area (Å²) in [5.74, 6) is -0.555. The number of thiophene rings is 1. The molecule has 2 heterocycles. The zero-order chi connectivity index (χ0) is 19.0. The third-order valence-electron chi connectivity index (χ3n) is 4.00. The molecule has 2 aromatic rings. The summed E-state index contributed by atoms with van der Waals surface area (Å²) in [6.07, 6.45) is -0.689. The lowest BCUT2D eigenvalue weighted by Gasteiger charge is -2.38. The highest BCUT2D eigenvalue weighted by Crippen LogP contribution is 2.40. The number of rotatable bonds is 3. The van der Waals surface area contributed by atoms with Crippen LogP contribution in [-0.2, 0) is 4.79 Å². The highest BCUT2D eigenvalue weighted by Gasteiger charge is 2.36. The van der Waals surface area contributed by atoms with Crippen LogP contribution in [0.15, 0.2) is 40.9 Å². The van der Waals surface area contributed by atoms with Gasteiger partial charge < -0.3 is 10.2 Å². The quantitative estimate of drug-likeness (QED) is 0.477. The number of nitriles is 1. The van der Waals surface area contributed by atoms with Crippen LogP contribution in [0, 0.1) is 35.3 Å². The second kappa shape index (κ2) is 6.82. The van der Waals surface area contributed by atoms with Gasteiger partial charge in [-0.05, 0) is 37.1 Å². The fraction of sp³-hybridized carbons (Fsp3) is 0.176. The van der Waals surface area contributed by atoms with Gasteiger partial charge in [0.05, 0.1) is 14.8 Å². The second-order valence-corrected chi connectivity index (χ2v) is 7.30. The van der Waals surface area contributed by atoms with Crippen molar-refractivity contribution in [2.75, 3.05) is 4.90 Å². The van der Waals surface area contributed by atoms with Crippen molar-refractivity contribution >= 4 is 40.6 Å². The van der Waals surface area contributed by atoms with E-state index in [1.807, 2.05) is 38.1 Å². The Bertz CT molecular complexity index is 990. The van der Waals surface area contributed by atoms with Crippen molar-refractivity contribution in [1.29, 1.82) is 5.26 Å². The molecule has 26 heavy (non-hydrogen) atoms. The van der Waals surface area contributed by atoms with Gasteiger partial charge in [-0.15, -0.1) is 12.6 Å². The van der Waals surface area contributed by atoms with Gasteiger partial charge >= 0.3 is 5.00 Å². The van der Waals surface area contributed by atoms with Crippen molar-refractivity contribution in [2.45, 2.75) is 20.0 Å². The summed E-state index contributed by atoms with van der Waals surface area (Å²) in [7, 11) is 0. The number of anilines is 1. The molecule has 1 aliphatic rings. The van der Waals surface area contributed by atoms with Crippen molar-refractivity contribution < 1.29 is 9.72 Å². The molecule has 7 nitrogen and oxygen atoms in total. The second-order valence-electron chi connectivity index (χ2n) is 5.78. The van der Waals surface area contributed by atoms with E-state index in [1.165, 1.54) is 6.07 Å². The molecule has 1 aromatic heterocycles. The maximum absolute atomic E-state index is 12.3. The highest BCUT2D eigenvalue weighted by atomic mass is 32.1. The molecule has 9 heteroatoms. The van der Waals surface area contributed by atoms with E-state index in [9.17, 15) is 20.2 Å². The van der Waals surface area contributed by atoms with Crippen LogP contribution >= 0.6 is 24.0 Å². The molecule has 132 valence electrons. The Morgan fingerprint density at radius 1 is 1.35 bits per heavy atom. The molecule has 1 atom stereocenters. The number of aryl methyl sites for hydroxylation is 2. The average molecular weight is 386 g/mol. The van der Waals surface area contributed by atoms with Crippen LogP contribution in [0.2, 0.25) is 0 Å². The van der Waals surface area contributed by atoms with Gasteiger partial charge in [0.15, 0.2) is 0 Å². The Morgan fingerprint density at radius 2 is 2.08 bits per heavy atom. The fourth-order valence-corrected chi connectivity index (χ4v) is 3.96. The molecule has 1 aromatic carbocycles. The number of benzene rings is 1. The number of nitrogens with zero attached hydrogens (tertiary/aromatic N) is 3. The molecule has 0 radical (unpaired) electrons. The van der Waals surface area contributed by atoms with Gasteiger partial charge in [0.2, 0.25) is 0 Å². The summed E-state index contributed by atoms with van der Waals surface area (Å²) in [5, 5.41) is 23.3. The van der Waals surface area contributed by atoms with E-state index >= 15 is 0 Å². The van der Waals surface area contributed by atoms with Gasteiger partial charge in [-0.2, -0.15) is 5.26 Å². The third-order valence-corrected chi connectivity index (χ3v) is 5.53. The highest BCUT2D eigenvalue weighted by molar-refractivity contribution is 7.84. The molecule has 3 rings (SSSR count). The predicted molar refractivity (Wildman–Crippen MR) is 102 cm³/mol. The maximum atomic E-state index is 12.3. The summed E-state index contributed by atoms with van der Waals surface area (Å²) in [4.78, 5) is 25.1. The molecule has 0 aliphatic carbocycles. The molecule has 1 unspecified atom stereocenters. The van der Waals surface area contributed by atoms with E-state index in [4.69, 9.17) is 0 Å². The van der Waals surface area contributed by atoms with Gasteiger partial charge in [-0.1, -0.05) is 23.5 Å². The van der Waals surface area contributed by atoms with Gasteiger partial charge in [-0.3, -0.25) is 14.9 Å². The van der Waals surface area contributed by atoms with E-state index in [2.05, 4.69) is 17.9 Å². The Labute approximate surface area is 159 Å². The van der Waals surface area contributed by atoms with E-state index in [1.54, 1.807) is 11.0 Å². The van der Waals surface area contributed by atoms with E-state index in [0.717, 1.165) is 28.2 Å². The molecule has 0 saturated carbocycles. The zero-order valence-corrected chi connectivity index (χ0v) is 15.6. The first-order valence-electron chi connectivity index (χ1n) is 7.58. The summed E-state index contributed by atoms with van der Waals surface area (Å²) in [6.45, 7) is 3.84. The van der Waals surface area contributed by atoms with Gasteiger partial charge in [0.1, 0.15) is 17.8 Å². The predicted octanol–water partition coefficient (Wildman–Crippen LogP) is 3.57. The number of nitro groups is 1. The summed E-state index contributed by atoms with van der Waals surface area (Å²) >= 11 is 5.41. The van der Waals surface area contributed by atoms with Crippen molar-refractivity contribution in [3.8, 4) is 6.07 Å². The molecule has 0 saturated heterocycles. The molecule has 0 fully saturated rings. The zero-order valence-electron chi connectivity index (χ0n) is 13.9. The van der Waals surface area contributed by atoms with Gasteiger partial charge in [0.25, 0.3) is 5.91 Å². The smallest absolute Gasteiger partial charge is 0.324 e. The monoisotopic (exact) mass is 386 g/mol. The number of carbonyl (C=O) groups is 1. The molecule has 0 spiro atoms. The lowest BCUT2D eigenvalue weighted by Crippen LogP contribution is -2.46. The van der Waals surface area contributed by atoms with Crippen molar-refractivity contribution in [3.05, 3.63) is 67.1 Å². The van der Waals surface area contributed by atoms with E-state index in [-0.39, 0.29) is 15.6 Å². The molecule has 1 amide bonds. The van der Waals surface area contributed by atoms with Crippen LogP contribution < -0.4 is 10.2 Å². The minimum absolute atomic E-state index is 0.0223. The number of hydrogen-bond donors (Lipinski definition) is 2. The van der Waals surface area contributed by atoms with Crippen molar-refractivity contribution in [2.24, 2.45) is 0 Å². The summed E-state index contributed by atoms with van der Waals surface area (Å²) < 4.78 is 0. The Morgan fingerprint density at radius 3 is 2.69 bits per heavy atom. The van der Waals surface area contributed by atoms with Crippen LogP contribution in [0.25, 0.3) is 0 Å². The Kier molecular flexibility index (Phi) is 4.71. The van der Waals surface area contributed by atoms with E-state index in [0.29, 0.717) is 4.88 Å². The minimum atomic E-state index is -0.689. The Balaban J connectivity index is 2.20. The summed E-state index contributed by atoms with van der Waals surface area (Å²) in [5.41, 5.74) is 2.59.